The van der Waals surface area contributed by atoms with Crippen LogP contribution in [0, 0.1) is 0 Å². The van der Waals surface area contributed by atoms with Gasteiger partial charge in [-0.3, -0.25) is 9.69 Å². The number of amides is 1. The fourth-order valence-corrected chi connectivity index (χ4v) is 2.31. The number of thiophene rings is 1. The average molecular weight is 254 g/mol. The normalized spacial score (nSPS) is 11.8. The molecule has 0 bridgehead atoms. The van der Waals surface area contributed by atoms with Crippen molar-refractivity contribution in [2.24, 2.45) is 0 Å². The molecule has 0 saturated carbocycles. The molecule has 1 amide bonds. The number of nitrogens with zero attached hydrogens (tertiary/aromatic N) is 1. The quantitative estimate of drug-likeness (QED) is 0.875. The number of likely N-dealkylation sites (N-methyl/N-ethyl adjacent to an activating group) is 1. The zero-order chi connectivity index (χ0) is 12.9. The van der Waals surface area contributed by atoms with E-state index in [1.165, 1.54) is 4.88 Å². The van der Waals surface area contributed by atoms with Gasteiger partial charge in [-0.05, 0) is 38.8 Å². The summed E-state index contributed by atoms with van der Waals surface area (Å²) in [6.07, 6.45) is 0. The molecule has 0 saturated heterocycles. The summed E-state index contributed by atoms with van der Waals surface area (Å²) in [4.78, 5) is 15.3. The lowest BCUT2D eigenvalue weighted by Crippen LogP contribution is -2.45. The second-order valence-corrected chi connectivity index (χ2v) is 6.21. The maximum Gasteiger partial charge on any atom is 0.234 e. The fraction of sp³-hybridized carbons (Fsp3) is 0.615. The van der Waals surface area contributed by atoms with Crippen molar-refractivity contribution in [2.45, 2.75) is 39.8 Å². The summed E-state index contributed by atoms with van der Waals surface area (Å²) in [5.41, 5.74) is -0.153. The maximum atomic E-state index is 11.8. The number of hydrogen-bond acceptors (Lipinski definition) is 3. The Morgan fingerprint density at radius 1 is 1.47 bits per heavy atom. The minimum atomic E-state index is -0.153. The smallest absolute Gasteiger partial charge is 0.234 e. The molecule has 1 rings (SSSR count). The van der Waals surface area contributed by atoms with Crippen LogP contribution in [0.2, 0.25) is 0 Å². The van der Waals surface area contributed by atoms with Crippen molar-refractivity contribution >= 4 is 17.2 Å². The molecular weight excluding hydrogens is 232 g/mol. The van der Waals surface area contributed by atoms with Gasteiger partial charge in [0, 0.05) is 17.0 Å². The number of nitrogens with one attached hydrogen (secondary N) is 1. The first-order valence-electron chi connectivity index (χ1n) is 5.96. The van der Waals surface area contributed by atoms with Gasteiger partial charge in [-0.15, -0.1) is 11.3 Å². The Labute approximate surface area is 108 Å². The molecule has 0 unspecified atom stereocenters. The number of carbonyl (C=O) groups is 1. The highest BCUT2D eigenvalue weighted by Crippen LogP contribution is 2.11. The van der Waals surface area contributed by atoms with E-state index in [9.17, 15) is 4.79 Å². The van der Waals surface area contributed by atoms with Crippen LogP contribution in [0.3, 0.4) is 0 Å². The van der Waals surface area contributed by atoms with Gasteiger partial charge in [0.15, 0.2) is 0 Å². The van der Waals surface area contributed by atoms with Crippen molar-refractivity contribution in [3.63, 3.8) is 0 Å². The third-order valence-corrected chi connectivity index (χ3v) is 3.15. The van der Waals surface area contributed by atoms with Gasteiger partial charge in [0.1, 0.15) is 0 Å². The monoisotopic (exact) mass is 254 g/mol. The van der Waals surface area contributed by atoms with Crippen LogP contribution < -0.4 is 5.32 Å². The molecule has 17 heavy (non-hydrogen) atoms. The molecule has 0 aliphatic heterocycles. The molecule has 0 atom stereocenters. The van der Waals surface area contributed by atoms with Crippen LogP contribution >= 0.6 is 11.3 Å². The summed E-state index contributed by atoms with van der Waals surface area (Å²) in [7, 11) is 0. The van der Waals surface area contributed by atoms with E-state index in [1.54, 1.807) is 11.3 Å². The molecule has 0 aliphatic rings. The predicted octanol–water partition coefficient (Wildman–Crippen LogP) is 2.48. The SMILES string of the molecule is CCN(CC(=O)NC(C)(C)C)Cc1cccs1. The molecule has 0 aromatic carbocycles. The molecule has 96 valence electrons. The van der Waals surface area contributed by atoms with Crippen molar-refractivity contribution in [1.29, 1.82) is 0 Å². The second-order valence-electron chi connectivity index (χ2n) is 5.18. The summed E-state index contributed by atoms with van der Waals surface area (Å²) < 4.78 is 0. The van der Waals surface area contributed by atoms with Crippen LogP contribution in [-0.4, -0.2) is 29.4 Å². The summed E-state index contributed by atoms with van der Waals surface area (Å²) >= 11 is 1.73. The van der Waals surface area contributed by atoms with Gasteiger partial charge in [0.2, 0.25) is 5.91 Å². The Balaban J connectivity index is 2.44. The van der Waals surface area contributed by atoms with E-state index in [4.69, 9.17) is 0 Å². The van der Waals surface area contributed by atoms with Crippen LogP contribution in [0.1, 0.15) is 32.6 Å². The Morgan fingerprint density at radius 2 is 2.18 bits per heavy atom. The van der Waals surface area contributed by atoms with Crippen molar-refractivity contribution in [2.75, 3.05) is 13.1 Å². The van der Waals surface area contributed by atoms with Crippen molar-refractivity contribution in [3.05, 3.63) is 22.4 Å². The summed E-state index contributed by atoms with van der Waals surface area (Å²) in [5.74, 6) is 0.0934. The topological polar surface area (TPSA) is 32.3 Å². The fourth-order valence-electron chi connectivity index (χ4n) is 1.56. The van der Waals surface area contributed by atoms with E-state index in [1.807, 2.05) is 26.8 Å². The van der Waals surface area contributed by atoms with Gasteiger partial charge in [-0.1, -0.05) is 13.0 Å². The third-order valence-electron chi connectivity index (χ3n) is 2.29. The highest BCUT2D eigenvalue weighted by atomic mass is 32.1. The first-order valence-corrected chi connectivity index (χ1v) is 6.84. The lowest BCUT2D eigenvalue weighted by Gasteiger charge is -2.24. The first kappa shape index (κ1) is 14.2. The Bertz CT molecular complexity index is 341. The zero-order valence-electron chi connectivity index (χ0n) is 11.1. The molecule has 0 aliphatic carbocycles. The lowest BCUT2D eigenvalue weighted by molar-refractivity contribution is -0.123. The summed E-state index contributed by atoms with van der Waals surface area (Å²) in [6, 6.07) is 4.15. The van der Waals surface area contributed by atoms with Gasteiger partial charge in [-0.2, -0.15) is 0 Å². The Morgan fingerprint density at radius 3 is 2.65 bits per heavy atom. The minimum Gasteiger partial charge on any atom is -0.350 e. The van der Waals surface area contributed by atoms with Crippen LogP contribution in [0.4, 0.5) is 0 Å². The van der Waals surface area contributed by atoms with E-state index >= 15 is 0 Å². The zero-order valence-corrected chi connectivity index (χ0v) is 11.9. The lowest BCUT2D eigenvalue weighted by atomic mass is 10.1. The molecule has 0 spiro atoms. The van der Waals surface area contributed by atoms with Crippen LogP contribution in [0.25, 0.3) is 0 Å². The van der Waals surface area contributed by atoms with Gasteiger partial charge in [-0.25, -0.2) is 0 Å². The highest BCUT2D eigenvalue weighted by molar-refractivity contribution is 7.09. The third kappa shape index (κ3) is 5.84. The Hall–Kier alpha value is -0.870. The van der Waals surface area contributed by atoms with Gasteiger partial charge < -0.3 is 5.32 Å². The molecule has 3 nitrogen and oxygen atoms in total. The predicted molar refractivity (Wildman–Crippen MR) is 73.2 cm³/mol. The molecule has 0 fully saturated rings. The van der Waals surface area contributed by atoms with Crippen LogP contribution in [0.5, 0.6) is 0 Å². The van der Waals surface area contributed by atoms with Crippen molar-refractivity contribution in [3.8, 4) is 0 Å². The van der Waals surface area contributed by atoms with Crippen LogP contribution in [0.15, 0.2) is 17.5 Å². The molecule has 0 radical (unpaired) electrons. The molecule has 1 aromatic rings. The average Bonchev–Trinajstić information content (AvgIpc) is 2.66. The van der Waals surface area contributed by atoms with Gasteiger partial charge in [0.25, 0.3) is 0 Å². The van der Waals surface area contributed by atoms with Crippen molar-refractivity contribution in [1.82, 2.24) is 10.2 Å². The standard InChI is InChI=1S/C13H22N2OS/c1-5-15(9-11-7-6-8-17-11)10-12(16)14-13(2,3)4/h6-8H,5,9-10H2,1-4H3,(H,14,16). The Kier molecular flexibility index (Phi) is 5.15. The number of rotatable bonds is 5. The molecular formula is C13H22N2OS. The van der Waals surface area contributed by atoms with E-state index in [0.29, 0.717) is 6.54 Å². The molecule has 1 heterocycles. The van der Waals surface area contributed by atoms with E-state index in [-0.39, 0.29) is 11.4 Å². The van der Waals surface area contributed by atoms with Crippen LogP contribution in [-0.2, 0) is 11.3 Å². The largest absolute Gasteiger partial charge is 0.350 e. The van der Waals surface area contributed by atoms with E-state index in [2.05, 4.69) is 28.6 Å². The molecule has 1 aromatic heterocycles. The minimum absolute atomic E-state index is 0.0934. The van der Waals surface area contributed by atoms with Crippen molar-refractivity contribution < 1.29 is 4.79 Å². The molecule has 4 heteroatoms. The first-order chi connectivity index (χ1) is 7.90. The molecule has 1 N–H and O–H groups in total. The van der Waals surface area contributed by atoms with E-state index in [0.717, 1.165) is 13.1 Å². The number of hydrogen-bond donors (Lipinski definition) is 1. The van der Waals surface area contributed by atoms with Gasteiger partial charge in [0.05, 0.1) is 6.54 Å². The second kappa shape index (κ2) is 6.17. The maximum absolute atomic E-state index is 11.8. The van der Waals surface area contributed by atoms with Gasteiger partial charge >= 0.3 is 0 Å². The highest BCUT2D eigenvalue weighted by Gasteiger charge is 2.16. The summed E-state index contributed by atoms with van der Waals surface area (Å²) in [6.45, 7) is 10.3. The van der Waals surface area contributed by atoms with E-state index < -0.39 is 0 Å². The summed E-state index contributed by atoms with van der Waals surface area (Å²) in [5, 5.41) is 5.05. The number of carbonyl (C=O) groups excluding carboxylic acids is 1.